The fraction of sp³-hybridized carbons (Fsp3) is 0.600. The van der Waals surface area contributed by atoms with Gasteiger partial charge in [-0.05, 0) is 6.42 Å². The number of sulfone groups is 1. The third-order valence-electron chi connectivity index (χ3n) is 2.78. The Bertz CT molecular complexity index is 497. The fourth-order valence-electron chi connectivity index (χ4n) is 1.86. The second-order valence-corrected chi connectivity index (χ2v) is 6.53. The lowest BCUT2D eigenvalue weighted by Crippen LogP contribution is -2.43. The smallest absolute Gasteiger partial charge is 0.315 e. The molecule has 0 aromatic carbocycles. The van der Waals surface area contributed by atoms with E-state index in [0.717, 1.165) is 0 Å². The van der Waals surface area contributed by atoms with Gasteiger partial charge in [0.2, 0.25) is 0 Å². The summed E-state index contributed by atoms with van der Waals surface area (Å²) in [5, 5.41) is 5.34. The van der Waals surface area contributed by atoms with E-state index in [-0.39, 0.29) is 23.6 Å². The zero-order valence-corrected chi connectivity index (χ0v) is 10.7. The van der Waals surface area contributed by atoms with Crippen LogP contribution in [0.2, 0.25) is 0 Å². The molecule has 1 aliphatic heterocycles. The average Bonchev–Trinajstić information content (AvgIpc) is 2.88. The number of nitrogens with zero attached hydrogens (tertiary/aromatic N) is 2. The van der Waals surface area contributed by atoms with Gasteiger partial charge in [-0.25, -0.2) is 18.2 Å². The molecule has 2 heterocycles. The number of carbonyl (C=O) groups is 1. The van der Waals surface area contributed by atoms with Gasteiger partial charge in [0.1, 0.15) is 0 Å². The van der Waals surface area contributed by atoms with Gasteiger partial charge >= 0.3 is 6.03 Å². The Kier molecular flexibility index (Phi) is 3.85. The van der Waals surface area contributed by atoms with Gasteiger partial charge in [-0.1, -0.05) is 0 Å². The van der Waals surface area contributed by atoms with Gasteiger partial charge in [0.15, 0.2) is 9.84 Å². The van der Waals surface area contributed by atoms with Gasteiger partial charge in [-0.15, -0.1) is 0 Å². The summed E-state index contributed by atoms with van der Waals surface area (Å²) in [7, 11) is -2.95. The highest BCUT2D eigenvalue weighted by molar-refractivity contribution is 7.91. The molecule has 0 saturated carbocycles. The van der Waals surface area contributed by atoms with Crippen LogP contribution in [-0.4, -0.2) is 48.1 Å². The standard InChI is InChI=1S/C10H16N4O3S/c15-10(12-3-5-14-4-2-11-8-14)13-9-1-6-18(16,17)7-9/h2,4,8-9H,1,3,5-7H2,(H2,12,13,15). The van der Waals surface area contributed by atoms with E-state index < -0.39 is 9.84 Å². The summed E-state index contributed by atoms with van der Waals surface area (Å²) in [5.74, 6) is 0.203. The van der Waals surface area contributed by atoms with Gasteiger partial charge in [0, 0.05) is 31.5 Å². The maximum Gasteiger partial charge on any atom is 0.315 e. The molecule has 1 saturated heterocycles. The van der Waals surface area contributed by atoms with Crippen LogP contribution in [0, 0.1) is 0 Å². The molecule has 2 N–H and O–H groups in total. The molecule has 0 spiro atoms. The fourth-order valence-corrected chi connectivity index (χ4v) is 3.54. The number of carbonyl (C=O) groups excluding carboxylic acids is 1. The maximum absolute atomic E-state index is 11.5. The second-order valence-electron chi connectivity index (χ2n) is 4.30. The van der Waals surface area contributed by atoms with Gasteiger partial charge in [0.05, 0.1) is 17.8 Å². The predicted molar refractivity (Wildman–Crippen MR) is 65.8 cm³/mol. The van der Waals surface area contributed by atoms with Gasteiger partial charge in [0.25, 0.3) is 0 Å². The third kappa shape index (κ3) is 3.73. The number of nitrogens with one attached hydrogen (secondary N) is 2. The first kappa shape index (κ1) is 12.9. The number of aromatic nitrogens is 2. The lowest BCUT2D eigenvalue weighted by molar-refractivity contribution is 0.237. The number of hydrogen-bond acceptors (Lipinski definition) is 4. The largest absolute Gasteiger partial charge is 0.336 e. The zero-order valence-electron chi connectivity index (χ0n) is 9.87. The molecule has 7 nitrogen and oxygen atoms in total. The van der Waals surface area contributed by atoms with Crippen LogP contribution >= 0.6 is 0 Å². The van der Waals surface area contributed by atoms with Crippen molar-refractivity contribution < 1.29 is 13.2 Å². The lowest BCUT2D eigenvalue weighted by Gasteiger charge is -2.12. The van der Waals surface area contributed by atoms with Crippen molar-refractivity contribution in [2.45, 2.75) is 19.0 Å². The Morgan fingerprint density at radius 2 is 2.33 bits per heavy atom. The monoisotopic (exact) mass is 272 g/mol. The van der Waals surface area contributed by atoms with Crippen LogP contribution in [0.3, 0.4) is 0 Å². The highest BCUT2D eigenvalue weighted by Crippen LogP contribution is 2.10. The molecule has 1 unspecified atom stereocenters. The zero-order chi connectivity index (χ0) is 13.0. The van der Waals surface area contributed by atoms with Crippen molar-refractivity contribution in [1.82, 2.24) is 20.2 Å². The molecule has 1 atom stereocenters. The number of imidazole rings is 1. The van der Waals surface area contributed by atoms with Crippen molar-refractivity contribution in [3.05, 3.63) is 18.7 Å². The topological polar surface area (TPSA) is 93.1 Å². The van der Waals surface area contributed by atoms with E-state index >= 15 is 0 Å². The van der Waals surface area contributed by atoms with Crippen molar-refractivity contribution in [3.8, 4) is 0 Å². The van der Waals surface area contributed by atoms with Crippen LogP contribution in [0.5, 0.6) is 0 Å². The van der Waals surface area contributed by atoms with Gasteiger partial charge < -0.3 is 15.2 Å². The van der Waals surface area contributed by atoms with E-state index in [1.165, 1.54) is 0 Å². The highest BCUT2D eigenvalue weighted by atomic mass is 32.2. The van der Waals surface area contributed by atoms with Crippen LogP contribution in [-0.2, 0) is 16.4 Å². The van der Waals surface area contributed by atoms with E-state index in [9.17, 15) is 13.2 Å². The van der Waals surface area contributed by atoms with Crippen molar-refractivity contribution in [2.24, 2.45) is 0 Å². The Labute approximate surface area is 106 Å². The van der Waals surface area contributed by atoms with Crippen molar-refractivity contribution in [2.75, 3.05) is 18.1 Å². The average molecular weight is 272 g/mol. The lowest BCUT2D eigenvalue weighted by atomic mass is 10.3. The number of urea groups is 1. The minimum absolute atomic E-state index is 0.0436. The summed E-state index contributed by atoms with van der Waals surface area (Å²) in [6.45, 7) is 1.11. The SMILES string of the molecule is O=C(NCCn1ccnc1)NC1CCS(=O)(=O)C1. The summed E-state index contributed by atoms with van der Waals surface area (Å²) in [6.07, 6.45) is 5.65. The summed E-state index contributed by atoms with van der Waals surface area (Å²) < 4.78 is 24.3. The number of rotatable bonds is 4. The molecule has 100 valence electrons. The Balaban J connectivity index is 1.67. The molecule has 8 heteroatoms. The first-order chi connectivity index (χ1) is 8.55. The number of hydrogen-bond donors (Lipinski definition) is 2. The molecular formula is C10H16N4O3S. The van der Waals surface area contributed by atoms with E-state index in [4.69, 9.17) is 0 Å². The Morgan fingerprint density at radius 3 is 2.94 bits per heavy atom. The van der Waals surface area contributed by atoms with Crippen LogP contribution < -0.4 is 10.6 Å². The third-order valence-corrected chi connectivity index (χ3v) is 4.55. The Hall–Kier alpha value is -1.57. The summed E-state index contributed by atoms with van der Waals surface area (Å²) in [4.78, 5) is 15.4. The summed E-state index contributed by atoms with van der Waals surface area (Å²) >= 11 is 0. The van der Waals surface area contributed by atoms with Crippen LogP contribution in [0.15, 0.2) is 18.7 Å². The molecule has 0 aliphatic carbocycles. The summed E-state index contributed by atoms with van der Waals surface area (Å²) in [6, 6.07) is -0.583. The molecule has 0 bridgehead atoms. The Morgan fingerprint density at radius 1 is 1.50 bits per heavy atom. The molecule has 18 heavy (non-hydrogen) atoms. The van der Waals surface area contributed by atoms with Crippen LogP contribution in [0.4, 0.5) is 4.79 Å². The second kappa shape index (κ2) is 5.38. The van der Waals surface area contributed by atoms with Crippen LogP contribution in [0.1, 0.15) is 6.42 Å². The molecular weight excluding hydrogens is 256 g/mol. The molecule has 1 aliphatic rings. The predicted octanol–water partition coefficient (Wildman–Crippen LogP) is -0.631. The molecule has 2 amide bonds. The van der Waals surface area contributed by atoms with Crippen molar-refractivity contribution >= 4 is 15.9 Å². The van der Waals surface area contributed by atoms with Gasteiger partial charge in [-0.2, -0.15) is 0 Å². The molecule has 1 aromatic heterocycles. The molecule has 0 radical (unpaired) electrons. The van der Waals surface area contributed by atoms with E-state index in [1.54, 1.807) is 12.5 Å². The maximum atomic E-state index is 11.5. The quantitative estimate of drug-likeness (QED) is 0.763. The first-order valence-corrected chi connectivity index (χ1v) is 7.58. The van der Waals surface area contributed by atoms with E-state index in [2.05, 4.69) is 15.6 Å². The van der Waals surface area contributed by atoms with Gasteiger partial charge in [-0.3, -0.25) is 0 Å². The summed E-state index contributed by atoms with van der Waals surface area (Å²) in [5.41, 5.74) is 0. The molecule has 1 fully saturated rings. The first-order valence-electron chi connectivity index (χ1n) is 5.76. The minimum atomic E-state index is -2.95. The highest BCUT2D eigenvalue weighted by Gasteiger charge is 2.28. The number of amides is 2. The van der Waals surface area contributed by atoms with Crippen LogP contribution in [0.25, 0.3) is 0 Å². The normalized spacial score (nSPS) is 21.7. The van der Waals surface area contributed by atoms with Crippen molar-refractivity contribution in [3.63, 3.8) is 0 Å². The minimum Gasteiger partial charge on any atom is -0.336 e. The van der Waals surface area contributed by atoms with E-state index in [1.807, 2.05) is 10.8 Å². The molecule has 1 aromatic rings. The van der Waals surface area contributed by atoms with Crippen molar-refractivity contribution in [1.29, 1.82) is 0 Å². The molecule has 2 rings (SSSR count). The van der Waals surface area contributed by atoms with E-state index in [0.29, 0.717) is 19.5 Å².